The van der Waals surface area contributed by atoms with Crippen LogP contribution in [0.4, 0.5) is 0 Å². The van der Waals surface area contributed by atoms with E-state index in [9.17, 15) is 9.59 Å². The molecule has 13 heteroatoms. The van der Waals surface area contributed by atoms with Gasteiger partial charge in [-0.3, -0.25) is 4.79 Å². The summed E-state index contributed by atoms with van der Waals surface area (Å²) in [6.07, 6.45) is -0.838. The molecule has 1 amide bonds. The van der Waals surface area contributed by atoms with Crippen molar-refractivity contribution in [3.8, 4) is 0 Å². The molecule has 1 aliphatic carbocycles. The van der Waals surface area contributed by atoms with Gasteiger partial charge in [-0.25, -0.2) is 0 Å². The Morgan fingerprint density at radius 3 is 2.28 bits per heavy atom. The van der Waals surface area contributed by atoms with Crippen molar-refractivity contribution in [2.24, 2.45) is 5.92 Å². The lowest BCUT2D eigenvalue weighted by molar-refractivity contribution is -0.157. The maximum absolute atomic E-state index is 12.9. The molecule has 2 saturated heterocycles. The van der Waals surface area contributed by atoms with Crippen LogP contribution in [0.25, 0.3) is 0 Å². The molecule has 3 fully saturated rings. The molecule has 0 spiro atoms. The van der Waals surface area contributed by atoms with Gasteiger partial charge in [-0.2, -0.15) is 0 Å². The van der Waals surface area contributed by atoms with Crippen LogP contribution in [0.3, 0.4) is 0 Å². The van der Waals surface area contributed by atoms with Gasteiger partial charge in [-0.05, 0) is 32.0 Å². The summed E-state index contributed by atoms with van der Waals surface area (Å²) < 4.78 is 33.9. The lowest BCUT2D eigenvalue weighted by Gasteiger charge is -2.48. The van der Waals surface area contributed by atoms with Crippen molar-refractivity contribution in [1.82, 2.24) is 5.32 Å². The number of halogens is 3. The number of carbonyl (C=O) groups is 2. The van der Waals surface area contributed by atoms with Crippen LogP contribution < -0.4 is 5.32 Å². The predicted molar refractivity (Wildman–Crippen MR) is 138 cm³/mol. The van der Waals surface area contributed by atoms with E-state index in [1.54, 1.807) is 21.0 Å². The van der Waals surface area contributed by atoms with Crippen LogP contribution in [0.1, 0.15) is 41.0 Å². The van der Waals surface area contributed by atoms with E-state index < -0.39 is 59.2 Å². The summed E-state index contributed by atoms with van der Waals surface area (Å²) in [5, 5.41) is 2.74. The summed E-state index contributed by atoms with van der Waals surface area (Å²) in [7, 11) is -0.632. The molecule has 1 saturated carbocycles. The molecule has 0 radical (unpaired) electrons. The molecule has 3 aliphatic rings. The SMILES string of the molecule is CC[Si](CC)(CC)O[C@H]1C[C@](C=O)(NC(=O)C(Cl)(Cl)Cl)[C@@H]([C@H]2COC(C)(C)O2)[C@@H]2O[C@]12COCOC. The molecule has 36 heavy (non-hydrogen) atoms. The quantitative estimate of drug-likeness (QED) is 0.0916. The van der Waals surface area contributed by atoms with Crippen molar-refractivity contribution in [2.75, 3.05) is 27.1 Å². The zero-order valence-electron chi connectivity index (χ0n) is 21.7. The first-order chi connectivity index (χ1) is 16.8. The molecule has 0 aromatic heterocycles. The monoisotopic (exact) mass is 589 g/mol. The first kappa shape index (κ1) is 30.5. The largest absolute Gasteiger partial charge is 0.411 e. The minimum Gasteiger partial charge on any atom is -0.411 e. The molecule has 0 unspecified atom stereocenters. The summed E-state index contributed by atoms with van der Waals surface area (Å²) >= 11 is 17.7. The predicted octanol–water partition coefficient (Wildman–Crippen LogP) is 3.73. The second-order valence-electron chi connectivity index (χ2n) is 10.3. The lowest BCUT2D eigenvalue weighted by Crippen LogP contribution is -2.69. The van der Waals surface area contributed by atoms with Gasteiger partial charge in [-0.15, -0.1) is 0 Å². The molecule has 0 aromatic carbocycles. The summed E-state index contributed by atoms with van der Waals surface area (Å²) in [5.41, 5.74) is -2.32. The first-order valence-electron chi connectivity index (χ1n) is 12.4. The number of epoxide rings is 1. The molecule has 1 N–H and O–H groups in total. The summed E-state index contributed by atoms with van der Waals surface area (Å²) in [6.45, 7) is 10.4. The second kappa shape index (κ2) is 11.2. The Kier molecular flexibility index (Phi) is 9.52. The molecule has 6 atom stereocenters. The molecule has 3 rings (SSSR count). The highest BCUT2D eigenvalue weighted by atomic mass is 35.6. The molecule has 0 aromatic rings. The summed E-state index contributed by atoms with van der Waals surface area (Å²) in [6, 6.07) is 2.67. The van der Waals surface area contributed by atoms with Crippen molar-refractivity contribution < 1.29 is 37.7 Å². The van der Waals surface area contributed by atoms with Crippen LogP contribution >= 0.6 is 34.8 Å². The average Bonchev–Trinajstić information content (AvgIpc) is 3.44. The third-order valence-corrected chi connectivity index (χ3v) is 13.0. The zero-order valence-corrected chi connectivity index (χ0v) is 25.0. The Morgan fingerprint density at radius 1 is 1.17 bits per heavy atom. The topological polar surface area (TPSA) is 105 Å². The van der Waals surface area contributed by atoms with E-state index in [-0.39, 0.29) is 26.4 Å². The fraction of sp³-hybridized carbons (Fsp3) is 0.913. The van der Waals surface area contributed by atoms with E-state index in [4.69, 9.17) is 62.9 Å². The highest BCUT2D eigenvalue weighted by Crippen LogP contribution is 2.58. The number of aldehydes is 1. The highest BCUT2D eigenvalue weighted by Gasteiger charge is 2.76. The number of fused-ring (bicyclic) bond motifs is 1. The Hall–Kier alpha value is -0.0131. The lowest BCUT2D eigenvalue weighted by atomic mass is 9.66. The second-order valence-corrected chi connectivity index (χ2v) is 17.3. The molecule has 9 nitrogen and oxygen atoms in total. The van der Waals surface area contributed by atoms with Gasteiger partial charge < -0.3 is 38.2 Å². The van der Waals surface area contributed by atoms with Crippen LogP contribution in [0, 0.1) is 5.92 Å². The molecule has 2 heterocycles. The number of rotatable bonds is 12. The van der Waals surface area contributed by atoms with Gasteiger partial charge in [0.15, 0.2) is 14.1 Å². The van der Waals surface area contributed by atoms with Gasteiger partial charge in [0.05, 0.1) is 25.4 Å². The smallest absolute Gasteiger partial charge is 0.272 e. The third-order valence-electron chi connectivity index (χ3n) is 7.86. The van der Waals surface area contributed by atoms with Gasteiger partial charge in [0.25, 0.3) is 9.70 Å². The molecule has 2 aliphatic heterocycles. The van der Waals surface area contributed by atoms with Crippen LogP contribution in [0.5, 0.6) is 0 Å². The van der Waals surface area contributed by atoms with Crippen molar-refractivity contribution in [3.05, 3.63) is 0 Å². The van der Waals surface area contributed by atoms with Crippen LogP contribution in [-0.4, -0.2) is 86.7 Å². The molecule has 208 valence electrons. The number of alkyl halides is 3. The van der Waals surface area contributed by atoms with E-state index in [0.29, 0.717) is 6.29 Å². The van der Waals surface area contributed by atoms with Crippen LogP contribution in [-0.2, 0) is 37.7 Å². The fourth-order valence-electron chi connectivity index (χ4n) is 5.65. The van der Waals surface area contributed by atoms with Crippen molar-refractivity contribution in [3.63, 3.8) is 0 Å². The van der Waals surface area contributed by atoms with Crippen molar-refractivity contribution in [1.29, 1.82) is 0 Å². The number of nitrogens with one attached hydrogen (secondary N) is 1. The van der Waals surface area contributed by atoms with E-state index in [1.165, 1.54) is 0 Å². The normalized spacial score (nSPS) is 35.8. The summed E-state index contributed by atoms with van der Waals surface area (Å²) in [5.74, 6) is -2.42. The van der Waals surface area contributed by atoms with Crippen molar-refractivity contribution in [2.45, 2.75) is 98.2 Å². The first-order valence-corrected chi connectivity index (χ1v) is 16.0. The van der Waals surface area contributed by atoms with Gasteiger partial charge in [-0.1, -0.05) is 55.6 Å². The van der Waals surface area contributed by atoms with Gasteiger partial charge in [0.1, 0.15) is 30.3 Å². The number of ether oxygens (including phenoxy) is 5. The highest BCUT2D eigenvalue weighted by molar-refractivity contribution is 6.76. The number of methoxy groups -OCH3 is 1. The number of hydrogen-bond acceptors (Lipinski definition) is 8. The minimum absolute atomic E-state index is 0.0754. The zero-order chi connectivity index (χ0) is 27.0. The van der Waals surface area contributed by atoms with Crippen molar-refractivity contribution >= 4 is 55.3 Å². The van der Waals surface area contributed by atoms with E-state index in [0.717, 1.165) is 18.1 Å². The fourth-order valence-corrected chi connectivity index (χ4v) is 8.68. The van der Waals surface area contributed by atoms with E-state index >= 15 is 0 Å². The van der Waals surface area contributed by atoms with E-state index in [1.807, 2.05) is 0 Å². The maximum atomic E-state index is 12.9. The summed E-state index contributed by atoms with van der Waals surface area (Å²) in [4.78, 5) is 25.8. The number of carbonyl (C=O) groups excluding carboxylic acids is 2. The van der Waals surface area contributed by atoms with Gasteiger partial charge >= 0.3 is 0 Å². The molecular weight excluding hydrogens is 553 g/mol. The van der Waals surface area contributed by atoms with Gasteiger partial charge in [0, 0.05) is 19.4 Å². The number of amides is 1. The Morgan fingerprint density at radius 2 is 1.81 bits per heavy atom. The Balaban J connectivity index is 2.06. The van der Waals surface area contributed by atoms with Gasteiger partial charge in [0.2, 0.25) is 0 Å². The Labute approximate surface area is 229 Å². The Bertz CT molecular complexity index is 802. The average molecular weight is 591 g/mol. The third kappa shape index (κ3) is 5.93. The molecular formula is C23H38Cl3NO8Si. The standard InChI is InChI=1S/C23H38Cl3NO8Si/c1-7-36(8-2,9-3)35-16-10-21(12-28,27-19(29)23(24,25)26)17(15-11-32-20(4,5)33-15)18-22(16,34-18)13-31-14-30-6/h12,15-18H,7-11,13-14H2,1-6H3,(H,27,29)/t15-,16+,17+,18+,21-,22-/m1/s1. The van der Waals surface area contributed by atoms with E-state index in [2.05, 4.69) is 26.1 Å². The molecule has 0 bridgehead atoms. The minimum atomic E-state index is -2.27. The van der Waals surface area contributed by atoms with Crippen LogP contribution in [0.2, 0.25) is 18.1 Å². The number of hydrogen-bond donors (Lipinski definition) is 1. The van der Waals surface area contributed by atoms with Crippen LogP contribution in [0.15, 0.2) is 0 Å². The maximum Gasteiger partial charge on any atom is 0.272 e.